The van der Waals surface area contributed by atoms with E-state index in [0.29, 0.717) is 12.6 Å². The van der Waals surface area contributed by atoms with Crippen molar-refractivity contribution in [2.45, 2.75) is 46.3 Å². The Labute approximate surface area is 92.2 Å². The number of rotatable bonds is 6. The van der Waals surface area contributed by atoms with Crippen LogP contribution in [0, 0.1) is 0 Å². The van der Waals surface area contributed by atoms with Crippen molar-refractivity contribution in [1.82, 2.24) is 4.90 Å². The summed E-state index contributed by atoms with van der Waals surface area (Å²) in [7, 11) is 0. The van der Waals surface area contributed by atoms with E-state index in [9.17, 15) is 0 Å². The molecule has 3 nitrogen and oxygen atoms in total. The topological polar surface area (TPSA) is 42.4 Å². The Morgan fingerprint density at radius 1 is 1.47 bits per heavy atom. The first kappa shape index (κ1) is 12.3. The molecule has 86 valence electrons. The first-order chi connectivity index (χ1) is 7.19. The lowest BCUT2D eigenvalue weighted by Gasteiger charge is -2.25. The maximum atomic E-state index is 5.64. The predicted octanol–water partition coefficient (Wildman–Crippen LogP) is 2.36. The summed E-state index contributed by atoms with van der Waals surface area (Å²) in [6.07, 6.45) is 2.89. The molecule has 0 fully saturated rings. The summed E-state index contributed by atoms with van der Waals surface area (Å²) in [5.74, 6) is 1.01. The van der Waals surface area contributed by atoms with Crippen LogP contribution in [-0.2, 0) is 13.1 Å². The number of nitrogens with two attached hydrogens (primary N) is 1. The molecule has 2 N–H and O–H groups in total. The van der Waals surface area contributed by atoms with Crippen LogP contribution in [0.4, 0.5) is 0 Å². The standard InChI is InChI=1S/C12H22N2O/c1-4-6-14(10(2)3)9-12-11(8-13)5-7-15-12/h5,7,10H,4,6,8-9,13H2,1-3H3. The minimum absolute atomic E-state index is 0.542. The van der Waals surface area contributed by atoms with E-state index in [0.717, 1.165) is 30.8 Å². The smallest absolute Gasteiger partial charge is 0.122 e. The van der Waals surface area contributed by atoms with Gasteiger partial charge in [-0.3, -0.25) is 4.90 Å². The molecule has 0 saturated heterocycles. The van der Waals surface area contributed by atoms with E-state index in [1.807, 2.05) is 6.07 Å². The van der Waals surface area contributed by atoms with Gasteiger partial charge < -0.3 is 10.2 Å². The molecule has 1 aromatic rings. The van der Waals surface area contributed by atoms with Crippen molar-refractivity contribution in [3.8, 4) is 0 Å². The highest BCUT2D eigenvalue weighted by Gasteiger charge is 2.13. The van der Waals surface area contributed by atoms with Gasteiger partial charge in [0.2, 0.25) is 0 Å². The fourth-order valence-electron chi connectivity index (χ4n) is 1.68. The fraction of sp³-hybridized carbons (Fsp3) is 0.667. The zero-order valence-corrected chi connectivity index (χ0v) is 9.99. The van der Waals surface area contributed by atoms with Crippen LogP contribution in [0.15, 0.2) is 16.7 Å². The maximum absolute atomic E-state index is 5.64. The number of hydrogen-bond acceptors (Lipinski definition) is 3. The zero-order valence-electron chi connectivity index (χ0n) is 9.99. The van der Waals surface area contributed by atoms with E-state index in [2.05, 4.69) is 25.7 Å². The zero-order chi connectivity index (χ0) is 11.3. The van der Waals surface area contributed by atoms with E-state index < -0.39 is 0 Å². The van der Waals surface area contributed by atoms with Gasteiger partial charge in [0, 0.05) is 18.2 Å². The predicted molar refractivity (Wildman–Crippen MR) is 62.4 cm³/mol. The highest BCUT2D eigenvalue weighted by Crippen LogP contribution is 2.14. The van der Waals surface area contributed by atoms with Crippen molar-refractivity contribution in [2.24, 2.45) is 5.73 Å². The fourth-order valence-corrected chi connectivity index (χ4v) is 1.68. The van der Waals surface area contributed by atoms with Crippen molar-refractivity contribution >= 4 is 0 Å². The molecule has 0 spiro atoms. The van der Waals surface area contributed by atoms with Gasteiger partial charge in [-0.1, -0.05) is 6.92 Å². The lowest BCUT2D eigenvalue weighted by atomic mass is 10.2. The molecule has 0 aromatic carbocycles. The third-order valence-corrected chi connectivity index (χ3v) is 2.65. The van der Waals surface area contributed by atoms with E-state index in [4.69, 9.17) is 10.2 Å². The molecule has 0 saturated carbocycles. The van der Waals surface area contributed by atoms with Gasteiger partial charge in [-0.25, -0.2) is 0 Å². The Morgan fingerprint density at radius 2 is 2.20 bits per heavy atom. The van der Waals surface area contributed by atoms with Crippen LogP contribution in [0.5, 0.6) is 0 Å². The summed E-state index contributed by atoms with van der Waals surface area (Å²) in [4.78, 5) is 2.40. The quantitative estimate of drug-likeness (QED) is 0.783. The van der Waals surface area contributed by atoms with Gasteiger partial charge in [0.1, 0.15) is 5.76 Å². The van der Waals surface area contributed by atoms with Gasteiger partial charge in [0.25, 0.3) is 0 Å². The Kier molecular flexibility index (Phi) is 4.85. The molecular weight excluding hydrogens is 188 g/mol. The first-order valence-electron chi connectivity index (χ1n) is 5.68. The number of nitrogens with zero attached hydrogens (tertiary/aromatic N) is 1. The molecule has 15 heavy (non-hydrogen) atoms. The van der Waals surface area contributed by atoms with Crippen molar-refractivity contribution < 1.29 is 4.42 Å². The summed E-state index contributed by atoms with van der Waals surface area (Å²) in [6.45, 7) is 9.14. The summed E-state index contributed by atoms with van der Waals surface area (Å²) < 4.78 is 5.46. The van der Waals surface area contributed by atoms with Crippen LogP contribution in [0.1, 0.15) is 38.5 Å². The molecule has 1 heterocycles. The maximum Gasteiger partial charge on any atom is 0.122 e. The largest absolute Gasteiger partial charge is 0.468 e. The monoisotopic (exact) mass is 210 g/mol. The second kappa shape index (κ2) is 5.93. The minimum Gasteiger partial charge on any atom is -0.468 e. The van der Waals surface area contributed by atoms with Gasteiger partial charge in [-0.15, -0.1) is 0 Å². The van der Waals surface area contributed by atoms with Gasteiger partial charge in [-0.2, -0.15) is 0 Å². The van der Waals surface area contributed by atoms with Crippen molar-refractivity contribution in [1.29, 1.82) is 0 Å². The molecule has 0 bridgehead atoms. The van der Waals surface area contributed by atoms with Crippen LogP contribution < -0.4 is 5.73 Å². The second-order valence-corrected chi connectivity index (χ2v) is 4.14. The molecule has 0 unspecified atom stereocenters. The summed E-state index contributed by atoms with van der Waals surface area (Å²) in [5, 5.41) is 0. The normalized spacial score (nSPS) is 11.6. The Balaban J connectivity index is 2.65. The van der Waals surface area contributed by atoms with Crippen LogP contribution >= 0.6 is 0 Å². The molecule has 0 aliphatic carbocycles. The van der Waals surface area contributed by atoms with E-state index in [1.54, 1.807) is 6.26 Å². The highest BCUT2D eigenvalue weighted by atomic mass is 16.3. The Morgan fingerprint density at radius 3 is 2.73 bits per heavy atom. The van der Waals surface area contributed by atoms with Gasteiger partial charge >= 0.3 is 0 Å². The number of furan rings is 1. The van der Waals surface area contributed by atoms with Gasteiger partial charge in [0.15, 0.2) is 0 Å². The summed E-state index contributed by atoms with van der Waals surface area (Å²) in [5.41, 5.74) is 6.76. The first-order valence-corrected chi connectivity index (χ1v) is 5.68. The lowest BCUT2D eigenvalue weighted by Crippen LogP contribution is -2.31. The van der Waals surface area contributed by atoms with Gasteiger partial charge in [0.05, 0.1) is 12.8 Å². The minimum atomic E-state index is 0.542. The highest BCUT2D eigenvalue weighted by molar-refractivity contribution is 5.16. The lowest BCUT2D eigenvalue weighted by molar-refractivity contribution is 0.196. The van der Waals surface area contributed by atoms with Crippen LogP contribution in [0.3, 0.4) is 0 Å². The average Bonchev–Trinajstić information content (AvgIpc) is 2.64. The van der Waals surface area contributed by atoms with Crippen LogP contribution in [0.25, 0.3) is 0 Å². The third-order valence-electron chi connectivity index (χ3n) is 2.65. The molecule has 0 atom stereocenters. The van der Waals surface area contributed by atoms with Crippen LogP contribution in [-0.4, -0.2) is 17.5 Å². The molecule has 0 aliphatic rings. The van der Waals surface area contributed by atoms with E-state index >= 15 is 0 Å². The van der Waals surface area contributed by atoms with Crippen LogP contribution in [0.2, 0.25) is 0 Å². The van der Waals surface area contributed by atoms with E-state index in [1.165, 1.54) is 0 Å². The van der Waals surface area contributed by atoms with Gasteiger partial charge in [-0.05, 0) is 32.9 Å². The Bertz CT molecular complexity index is 281. The van der Waals surface area contributed by atoms with Crippen molar-refractivity contribution in [3.63, 3.8) is 0 Å². The average molecular weight is 210 g/mol. The van der Waals surface area contributed by atoms with Crippen molar-refractivity contribution in [2.75, 3.05) is 6.54 Å². The Hall–Kier alpha value is -0.800. The molecule has 0 aliphatic heterocycles. The third kappa shape index (κ3) is 3.36. The molecule has 0 amide bonds. The van der Waals surface area contributed by atoms with Crippen molar-refractivity contribution in [3.05, 3.63) is 23.7 Å². The molecule has 0 radical (unpaired) electrons. The molecular formula is C12H22N2O. The molecule has 1 aromatic heterocycles. The van der Waals surface area contributed by atoms with E-state index in [-0.39, 0.29) is 0 Å². The molecule has 3 heteroatoms. The second-order valence-electron chi connectivity index (χ2n) is 4.14. The number of hydrogen-bond donors (Lipinski definition) is 1. The SMILES string of the molecule is CCCN(Cc1occc1CN)C(C)C. The summed E-state index contributed by atoms with van der Waals surface area (Å²) in [6, 6.07) is 2.50. The summed E-state index contributed by atoms with van der Waals surface area (Å²) >= 11 is 0. The molecule has 1 rings (SSSR count).